The van der Waals surface area contributed by atoms with E-state index in [-0.39, 0.29) is 5.91 Å². The molecule has 0 saturated carbocycles. The van der Waals surface area contributed by atoms with Gasteiger partial charge in [0.25, 0.3) is 5.91 Å². The zero-order valence-corrected chi connectivity index (χ0v) is 17.2. The lowest BCUT2D eigenvalue weighted by molar-refractivity contribution is -0.113. The average Bonchev–Trinajstić information content (AvgIpc) is 3.04. The monoisotopic (exact) mass is 411 g/mol. The fourth-order valence-electron chi connectivity index (χ4n) is 3.84. The molecule has 6 nitrogen and oxygen atoms in total. The third-order valence-corrected chi connectivity index (χ3v) is 5.77. The van der Waals surface area contributed by atoms with Gasteiger partial charge in [-0.05, 0) is 43.5 Å². The van der Waals surface area contributed by atoms with Gasteiger partial charge in [-0.3, -0.25) is 4.79 Å². The van der Waals surface area contributed by atoms with Gasteiger partial charge in [-0.15, -0.1) is 0 Å². The van der Waals surface area contributed by atoms with Crippen molar-refractivity contribution in [3.63, 3.8) is 0 Å². The van der Waals surface area contributed by atoms with Crippen molar-refractivity contribution in [3.8, 4) is 0 Å². The van der Waals surface area contributed by atoms with E-state index in [0.717, 1.165) is 36.0 Å². The van der Waals surface area contributed by atoms with Gasteiger partial charge in [0.15, 0.2) is 0 Å². The van der Waals surface area contributed by atoms with Crippen molar-refractivity contribution in [1.29, 1.82) is 0 Å². The quantitative estimate of drug-likeness (QED) is 0.813. The van der Waals surface area contributed by atoms with Crippen LogP contribution < -0.4 is 15.1 Å². The smallest absolute Gasteiger partial charge is 0.251 e. The predicted octanol–water partition coefficient (Wildman–Crippen LogP) is 4.29. The Labute approximate surface area is 176 Å². The fourth-order valence-corrected chi connectivity index (χ4v) is 4.08. The molecule has 1 N–H and O–H groups in total. The first-order valence-corrected chi connectivity index (χ1v) is 10.7. The van der Waals surface area contributed by atoms with E-state index in [9.17, 15) is 4.79 Å². The number of nitrogens with one attached hydrogen (secondary N) is 1. The third-order valence-electron chi connectivity index (χ3n) is 5.48. The SMILES string of the molecule is O=C(Nc1ccc(N2CCCCCC2)nc1)C1=CCN(c2ncccc2Cl)CC1. The van der Waals surface area contributed by atoms with Gasteiger partial charge >= 0.3 is 0 Å². The molecule has 4 rings (SSSR count). The highest BCUT2D eigenvalue weighted by Crippen LogP contribution is 2.25. The topological polar surface area (TPSA) is 61.4 Å². The van der Waals surface area contributed by atoms with Crippen LogP contribution in [0.15, 0.2) is 48.3 Å². The van der Waals surface area contributed by atoms with Gasteiger partial charge in [0.1, 0.15) is 11.6 Å². The fraction of sp³-hybridized carbons (Fsp3) is 0.409. The third kappa shape index (κ3) is 4.88. The number of hydrogen-bond donors (Lipinski definition) is 1. The van der Waals surface area contributed by atoms with Crippen LogP contribution in [-0.4, -0.2) is 42.1 Å². The Hall–Kier alpha value is -2.60. The average molecular weight is 412 g/mol. The molecule has 1 amide bonds. The predicted molar refractivity (Wildman–Crippen MR) is 118 cm³/mol. The molecule has 7 heteroatoms. The maximum atomic E-state index is 12.6. The maximum absolute atomic E-state index is 12.6. The summed E-state index contributed by atoms with van der Waals surface area (Å²) < 4.78 is 0. The molecule has 2 aromatic rings. The van der Waals surface area contributed by atoms with Crippen LogP contribution in [-0.2, 0) is 4.79 Å². The summed E-state index contributed by atoms with van der Waals surface area (Å²) in [5.74, 6) is 1.68. The number of carbonyl (C=O) groups is 1. The van der Waals surface area contributed by atoms with Crippen LogP contribution in [0.5, 0.6) is 0 Å². The number of aromatic nitrogens is 2. The number of amides is 1. The largest absolute Gasteiger partial charge is 0.357 e. The summed E-state index contributed by atoms with van der Waals surface area (Å²) >= 11 is 6.23. The first kappa shape index (κ1) is 19.7. The second kappa shape index (κ2) is 9.27. The number of hydrogen-bond acceptors (Lipinski definition) is 5. The molecule has 4 heterocycles. The molecule has 0 aliphatic carbocycles. The van der Waals surface area contributed by atoms with Crippen LogP contribution in [0.4, 0.5) is 17.3 Å². The zero-order chi connectivity index (χ0) is 20.1. The van der Waals surface area contributed by atoms with Crippen molar-refractivity contribution in [2.45, 2.75) is 32.1 Å². The van der Waals surface area contributed by atoms with E-state index in [2.05, 4.69) is 25.1 Å². The van der Waals surface area contributed by atoms with Crippen LogP contribution in [0.2, 0.25) is 5.02 Å². The molecule has 0 atom stereocenters. The van der Waals surface area contributed by atoms with Crippen molar-refractivity contribution >= 4 is 34.8 Å². The Morgan fingerprint density at radius 3 is 2.48 bits per heavy atom. The summed E-state index contributed by atoms with van der Waals surface area (Å²) in [5, 5.41) is 3.60. The van der Waals surface area contributed by atoms with Crippen LogP contribution in [0.1, 0.15) is 32.1 Å². The number of pyridine rings is 2. The molecule has 0 aromatic carbocycles. The Balaban J connectivity index is 1.35. The van der Waals surface area contributed by atoms with Crippen LogP contribution in [0.3, 0.4) is 0 Å². The van der Waals surface area contributed by atoms with Crippen molar-refractivity contribution < 1.29 is 4.79 Å². The van der Waals surface area contributed by atoms with E-state index < -0.39 is 0 Å². The minimum atomic E-state index is -0.0684. The minimum Gasteiger partial charge on any atom is -0.357 e. The van der Waals surface area contributed by atoms with E-state index in [1.807, 2.05) is 30.3 Å². The van der Waals surface area contributed by atoms with Crippen molar-refractivity contribution in [2.75, 3.05) is 41.3 Å². The van der Waals surface area contributed by atoms with Gasteiger partial charge in [-0.1, -0.05) is 30.5 Å². The lowest BCUT2D eigenvalue weighted by Crippen LogP contribution is -2.32. The first-order valence-electron chi connectivity index (χ1n) is 10.3. The molecule has 152 valence electrons. The van der Waals surface area contributed by atoms with Crippen LogP contribution >= 0.6 is 11.6 Å². The van der Waals surface area contributed by atoms with Gasteiger partial charge in [-0.2, -0.15) is 0 Å². The molecule has 0 spiro atoms. The van der Waals surface area contributed by atoms with Crippen LogP contribution in [0, 0.1) is 0 Å². The Bertz CT molecular complexity index is 875. The van der Waals surface area contributed by atoms with Crippen molar-refractivity contribution in [1.82, 2.24) is 9.97 Å². The Kier molecular flexibility index (Phi) is 6.30. The Morgan fingerprint density at radius 1 is 1.00 bits per heavy atom. The molecule has 0 unspecified atom stereocenters. The second-order valence-electron chi connectivity index (χ2n) is 7.49. The number of carbonyl (C=O) groups excluding carboxylic acids is 1. The van der Waals surface area contributed by atoms with Gasteiger partial charge in [0.2, 0.25) is 0 Å². The molecule has 2 aliphatic rings. The van der Waals surface area contributed by atoms with E-state index in [0.29, 0.717) is 24.5 Å². The summed E-state index contributed by atoms with van der Waals surface area (Å²) in [5.41, 5.74) is 1.51. The standard InChI is InChI=1S/C22H26ClN5O/c23-19-6-5-11-24-21(19)28-14-9-17(10-15-28)22(29)26-18-7-8-20(25-16-18)27-12-3-1-2-4-13-27/h5-9,11,16H,1-4,10,12-15H2,(H,26,29). The van der Waals surface area contributed by atoms with Crippen LogP contribution in [0.25, 0.3) is 0 Å². The lowest BCUT2D eigenvalue weighted by atomic mass is 10.1. The van der Waals surface area contributed by atoms with Gasteiger partial charge < -0.3 is 15.1 Å². The molecule has 1 saturated heterocycles. The zero-order valence-electron chi connectivity index (χ0n) is 16.5. The number of halogens is 1. The van der Waals surface area contributed by atoms with E-state index in [1.54, 1.807) is 12.4 Å². The van der Waals surface area contributed by atoms with Gasteiger partial charge in [-0.25, -0.2) is 9.97 Å². The highest BCUT2D eigenvalue weighted by atomic mass is 35.5. The normalized spacial score (nSPS) is 17.5. The molecule has 29 heavy (non-hydrogen) atoms. The summed E-state index contributed by atoms with van der Waals surface area (Å²) in [6.45, 7) is 3.44. The van der Waals surface area contributed by atoms with Gasteiger partial charge in [0.05, 0.1) is 16.9 Å². The van der Waals surface area contributed by atoms with E-state index in [4.69, 9.17) is 11.6 Å². The van der Waals surface area contributed by atoms with Gasteiger partial charge in [0, 0.05) is 37.9 Å². The summed E-state index contributed by atoms with van der Waals surface area (Å²) in [6, 6.07) is 7.59. The number of anilines is 3. The first-order chi connectivity index (χ1) is 14.2. The summed E-state index contributed by atoms with van der Waals surface area (Å²) in [7, 11) is 0. The van der Waals surface area contributed by atoms with Crippen molar-refractivity contribution in [3.05, 3.63) is 53.3 Å². The lowest BCUT2D eigenvalue weighted by Gasteiger charge is -2.27. The van der Waals surface area contributed by atoms with E-state index >= 15 is 0 Å². The maximum Gasteiger partial charge on any atom is 0.251 e. The highest BCUT2D eigenvalue weighted by molar-refractivity contribution is 6.32. The van der Waals surface area contributed by atoms with E-state index in [1.165, 1.54) is 25.7 Å². The Morgan fingerprint density at radius 2 is 1.83 bits per heavy atom. The molecule has 2 aliphatic heterocycles. The number of nitrogens with zero attached hydrogens (tertiary/aromatic N) is 4. The van der Waals surface area contributed by atoms with Crippen molar-refractivity contribution in [2.24, 2.45) is 0 Å². The molecule has 0 bridgehead atoms. The molecule has 1 fully saturated rings. The molecular weight excluding hydrogens is 386 g/mol. The summed E-state index contributed by atoms with van der Waals surface area (Å²) in [4.78, 5) is 26.0. The summed E-state index contributed by atoms with van der Waals surface area (Å²) in [6.07, 6.45) is 11.1. The molecular formula is C22H26ClN5O. The minimum absolute atomic E-state index is 0.0684. The molecule has 2 aromatic heterocycles. The number of rotatable bonds is 4. The highest BCUT2D eigenvalue weighted by Gasteiger charge is 2.20. The molecule has 0 radical (unpaired) electrons. The second-order valence-corrected chi connectivity index (χ2v) is 7.90.